The molecule has 0 spiro atoms. The second-order valence-electron chi connectivity index (χ2n) is 6.05. The van der Waals surface area contributed by atoms with Gasteiger partial charge in [-0.3, -0.25) is 0 Å². The molecule has 6 nitrogen and oxygen atoms in total. The number of esters is 1. The topological polar surface area (TPSA) is 73.9 Å². The lowest BCUT2D eigenvalue weighted by Gasteiger charge is -2.28. The van der Waals surface area contributed by atoms with Crippen LogP contribution in [0.5, 0.6) is 0 Å². The molecule has 0 aliphatic heterocycles. The molecule has 0 unspecified atom stereocenters. The Morgan fingerprint density at radius 2 is 1.80 bits per heavy atom. The number of methoxy groups -OCH3 is 1. The number of amides is 1. The molecule has 0 aliphatic carbocycles. The molecule has 8 heteroatoms. The Hall–Kier alpha value is -1.80. The Labute approximate surface area is 157 Å². The summed E-state index contributed by atoms with van der Waals surface area (Å²) in [4.78, 5) is 24.5. The van der Waals surface area contributed by atoms with Gasteiger partial charge in [0.1, 0.15) is 11.6 Å². The molecule has 0 bridgehead atoms. The first kappa shape index (κ1) is 21.2. The largest absolute Gasteiger partial charge is 0.466 e. The molecular weight excluding hydrogens is 362 g/mol. The van der Waals surface area contributed by atoms with Crippen LogP contribution in [0.4, 0.5) is 4.79 Å². The number of alkyl carbamates (subject to hydrolysis) is 1. The van der Waals surface area contributed by atoms with Gasteiger partial charge >= 0.3 is 12.1 Å². The van der Waals surface area contributed by atoms with Crippen molar-refractivity contribution in [3.8, 4) is 0 Å². The quantitative estimate of drug-likeness (QED) is 0.614. The predicted molar refractivity (Wildman–Crippen MR) is 102 cm³/mol. The number of rotatable bonds is 5. The molecular formula is C17H23NO5S2. The summed E-state index contributed by atoms with van der Waals surface area (Å²) >= 11 is 6.24. The number of thiocarbonyl (C=S) groups is 1. The summed E-state index contributed by atoms with van der Waals surface area (Å²) in [5.74, 6) is -0.652. The maximum absolute atomic E-state index is 12.2. The van der Waals surface area contributed by atoms with Gasteiger partial charge in [-0.15, -0.1) is 0 Å². The van der Waals surface area contributed by atoms with Crippen molar-refractivity contribution in [1.82, 2.24) is 5.32 Å². The van der Waals surface area contributed by atoms with E-state index in [2.05, 4.69) is 5.32 Å². The fourth-order valence-corrected chi connectivity index (χ4v) is 2.25. The normalized spacial score (nSPS) is 13.3. The zero-order valence-corrected chi connectivity index (χ0v) is 16.5. The Bertz CT molecular complexity index is 601. The molecule has 0 saturated heterocycles. The maximum atomic E-state index is 12.2. The highest BCUT2D eigenvalue weighted by molar-refractivity contribution is 8.22. The van der Waals surface area contributed by atoms with Crippen molar-refractivity contribution < 1.29 is 23.8 Å². The second-order valence-corrected chi connectivity index (χ2v) is 7.46. The summed E-state index contributed by atoms with van der Waals surface area (Å²) in [6.07, 6.45) is -0.0797. The van der Waals surface area contributed by atoms with E-state index in [1.807, 2.05) is 6.07 Å². The van der Waals surface area contributed by atoms with Crippen molar-refractivity contribution in [2.45, 2.75) is 38.5 Å². The number of hydrogen-bond donors (Lipinski definition) is 1. The first-order valence-corrected chi connectivity index (χ1v) is 9.18. The van der Waals surface area contributed by atoms with Gasteiger partial charge in [-0.1, -0.05) is 42.1 Å². The summed E-state index contributed by atoms with van der Waals surface area (Å²) in [6, 6.07) is 8.12. The van der Waals surface area contributed by atoms with E-state index in [0.717, 1.165) is 0 Å². The van der Waals surface area contributed by atoms with Gasteiger partial charge in [0.2, 0.25) is 10.5 Å². The van der Waals surface area contributed by atoms with Crippen LogP contribution in [0, 0.1) is 0 Å². The van der Waals surface area contributed by atoms with Gasteiger partial charge in [-0.25, -0.2) is 9.59 Å². The molecule has 1 aromatic carbocycles. The average molecular weight is 386 g/mol. The molecule has 1 rings (SSSR count). The summed E-state index contributed by atoms with van der Waals surface area (Å²) in [6.45, 7) is 5.25. The first-order valence-electron chi connectivity index (χ1n) is 7.55. The third kappa shape index (κ3) is 7.31. The summed E-state index contributed by atoms with van der Waals surface area (Å²) in [5.41, 5.74) is -0.0192. The van der Waals surface area contributed by atoms with Crippen LogP contribution >= 0.6 is 24.0 Å². The molecule has 0 heterocycles. The van der Waals surface area contributed by atoms with E-state index >= 15 is 0 Å². The van der Waals surface area contributed by atoms with Gasteiger partial charge in [0.25, 0.3) is 0 Å². The minimum Gasteiger partial charge on any atom is -0.466 e. The van der Waals surface area contributed by atoms with Crippen molar-refractivity contribution in [2.75, 3.05) is 13.4 Å². The van der Waals surface area contributed by atoms with Crippen LogP contribution in [0.2, 0.25) is 0 Å². The van der Waals surface area contributed by atoms with Gasteiger partial charge in [-0.2, -0.15) is 0 Å². The van der Waals surface area contributed by atoms with Crippen molar-refractivity contribution >= 4 is 40.4 Å². The molecule has 1 N–H and O–H groups in total. The molecule has 0 aromatic heterocycles. The number of carbonyl (C=O) groups is 2. The smallest absolute Gasteiger partial charge is 0.408 e. The number of carbonyl (C=O) groups excluding carboxylic acids is 2. The number of nitrogens with one attached hydrogen (secondary N) is 1. The summed E-state index contributed by atoms with van der Waals surface area (Å²) in [5, 5.41) is 2.68. The summed E-state index contributed by atoms with van der Waals surface area (Å²) in [7, 11) is 1.25. The Balaban J connectivity index is 3.15. The van der Waals surface area contributed by atoms with Crippen LogP contribution in [-0.2, 0) is 19.0 Å². The van der Waals surface area contributed by atoms with Crippen molar-refractivity contribution in [3.63, 3.8) is 0 Å². The van der Waals surface area contributed by atoms with Crippen LogP contribution < -0.4 is 5.32 Å². The SMILES string of the molecule is COC(=O)[C@H](OC(=S)SC)[C@H](NC(=O)OC(C)(C)C)c1ccccc1. The van der Waals surface area contributed by atoms with Crippen molar-refractivity contribution in [3.05, 3.63) is 35.9 Å². The van der Waals surface area contributed by atoms with E-state index in [9.17, 15) is 9.59 Å². The summed E-state index contributed by atoms with van der Waals surface area (Å²) < 4.78 is 15.8. The molecule has 0 radical (unpaired) electrons. The third-order valence-corrected chi connectivity index (χ3v) is 3.98. The highest BCUT2D eigenvalue weighted by Crippen LogP contribution is 2.23. The van der Waals surface area contributed by atoms with E-state index in [1.54, 1.807) is 51.3 Å². The van der Waals surface area contributed by atoms with E-state index in [4.69, 9.17) is 26.4 Å². The van der Waals surface area contributed by atoms with E-state index < -0.39 is 29.8 Å². The lowest BCUT2D eigenvalue weighted by molar-refractivity contribution is -0.150. The van der Waals surface area contributed by atoms with Crippen molar-refractivity contribution in [1.29, 1.82) is 0 Å². The molecule has 138 valence electrons. The number of benzene rings is 1. The van der Waals surface area contributed by atoms with Crippen LogP contribution in [0.15, 0.2) is 30.3 Å². The Kier molecular flexibility index (Phi) is 8.18. The highest BCUT2D eigenvalue weighted by Gasteiger charge is 2.35. The number of ether oxygens (including phenoxy) is 3. The molecule has 2 atom stereocenters. The van der Waals surface area contributed by atoms with E-state index in [-0.39, 0.29) is 4.38 Å². The minimum absolute atomic E-state index is 0.169. The fraction of sp³-hybridized carbons (Fsp3) is 0.471. The Morgan fingerprint density at radius 3 is 2.28 bits per heavy atom. The minimum atomic E-state index is -1.14. The fourth-order valence-electron chi connectivity index (χ4n) is 1.95. The van der Waals surface area contributed by atoms with Gasteiger partial charge in [0.15, 0.2) is 0 Å². The molecule has 0 aliphatic rings. The zero-order chi connectivity index (χ0) is 19.0. The maximum Gasteiger partial charge on any atom is 0.408 e. The van der Waals surface area contributed by atoms with Crippen LogP contribution in [-0.4, -0.2) is 41.5 Å². The molecule has 1 amide bonds. The average Bonchev–Trinajstić information content (AvgIpc) is 2.56. The molecule has 0 fully saturated rings. The van der Waals surface area contributed by atoms with E-state index in [1.165, 1.54) is 18.9 Å². The van der Waals surface area contributed by atoms with Gasteiger partial charge in [-0.05, 0) is 44.8 Å². The monoisotopic (exact) mass is 385 g/mol. The van der Waals surface area contributed by atoms with Gasteiger partial charge in [0.05, 0.1) is 7.11 Å². The van der Waals surface area contributed by atoms with E-state index in [0.29, 0.717) is 5.56 Å². The molecule has 0 saturated carbocycles. The third-order valence-electron chi connectivity index (χ3n) is 2.96. The lowest BCUT2D eigenvalue weighted by Crippen LogP contribution is -2.44. The van der Waals surface area contributed by atoms with Gasteiger partial charge < -0.3 is 19.5 Å². The standard InChI is InChI=1S/C17H23NO5S2/c1-17(2,3)23-15(20)18-12(11-9-7-6-8-10-11)13(14(19)21-4)22-16(24)25-5/h6-10,12-13H,1-5H3,(H,18,20)/t12-,13-/m1/s1. The highest BCUT2D eigenvalue weighted by atomic mass is 32.2. The second kappa shape index (κ2) is 9.62. The zero-order valence-electron chi connectivity index (χ0n) is 14.9. The van der Waals surface area contributed by atoms with Crippen LogP contribution in [0.25, 0.3) is 0 Å². The van der Waals surface area contributed by atoms with Crippen molar-refractivity contribution in [2.24, 2.45) is 0 Å². The van der Waals surface area contributed by atoms with Crippen LogP contribution in [0.1, 0.15) is 32.4 Å². The number of thioether (sulfide) groups is 1. The molecule has 25 heavy (non-hydrogen) atoms. The first-order chi connectivity index (χ1) is 11.7. The van der Waals surface area contributed by atoms with Crippen LogP contribution in [0.3, 0.4) is 0 Å². The Morgan fingerprint density at radius 1 is 1.20 bits per heavy atom. The molecule has 1 aromatic rings. The predicted octanol–water partition coefficient (Wildman–Crippen LogP) is 3.46. The van der Waals surface area contributed by atoms with Gasteiger partial charge in [0, 0.05) is 0 Å². The lowest BCUT2D eigenvalue weighted by atomic mass is 10.0. The number of hydrogen-bond acceptors (Lipinski definition) is 7.